The van der Waals surface area contributed by atoms with Gasteiger partial charge in [-0.25, -0.2) is 0 Å². The highest BCUT2D eigenvalue weighted by atomic mass is 35.5. The molecule has 1 atom stereocenters. The molecule has 1 aromatic heterocycles. The van der Waals surface area contributed by atoms with Crippen molar-refractivity contribution in [2.24, 2.45) is 0 Å². The highest BCUT2D eigenvalue weighted by molar-refractivity contribution is 8.00. The van der Waals surface area contributed by atoms with E-state index in [1.54, 1.807) is 48.5 Å². The molecule has 5 rings (SSSR count). The average molecular weight is 622 g/mol. The Morgan fingerprint density at radius 1 is 1.00 bits per heavy atom. The molecule has 3 aromatic carbocycles. The van der Waals surface area contributed by atoms with Gasteiger partial charge in [0.15, 0.2) is 4.34 Å². The fraction of sp³-hybridized carbons (Fsp3) is 0.226. The number of halogens is 1. The quantitative estimate of drug-likeness (QED) is 0.0612. The second kappa shape index (κ2) is 13.4. The lowest BCUT2D eigenvalue weighted by Crippen LogP contribution is -2.29. The third kappa shape index (κ3) is 6.46. The van der Waals surface area contributed by atoms with E-state index in [-0.39, 0.29) is 16.5 Å². The van der Waals surface area contributed by atoms with Crippen LogP contribution in [0.25, 0.3) is 5.76 Å². The average Bonchev–Trinajstić information content (AvgIpc) is 3.57. The lowest BCUT2D eigenvalue weighted by Gasteiger charge is -2.23. The van der Waals surface area contributed by atoms with Crippen LogP contribution in [0.15, 0.2) is 82.7 Å². The van der Waals surface area contributed by atoms with Gasteiger partial charge in [-0.1, -0.05) is 65.9 Å². The highest BCUT2D eigenvalue weighted by Crippen LogP contribution is 2.44. The van der Waals surface area contributed by atoms with Gasteiger partial charge in [-0.3, -0.25) is 14.5 Å². The second-order valence-electron chi connectivity index (χ2n) is 9.31. The van der Waals surface area contributed by atoms with Gasteiger partial charge in [-0.05, 0) is 73.0 Å². The summed E-state index contributed by atoms with van der Waals surface area (Å²) in [5.41, 5.74) is 2.00. The molecule has 1 saturated heterocycles. The molecular weight excluding hydrogens is 594 g/mol. The summed E-state index contributed by atoms with van der Waals surface area (Å²) in [6, 6.07) is 20.5. The molecule has 42 heavy (non-hydrogen) atoms. The van der Waals surface area contributed by atoms with Crippen molar-refractivity contribution < 1.29 is 24.2 Å². The molecule has 0 aliphatic carbocycles. The molecule has 4 aromatic rings. The number of anilines is 1. The van der Waals surface area contributed by atoms with Crippen LogP contribution in [0.2, 0.25) is 5.02 Å². The minimum absolute atomic E-state index is 0.0403. The predicted molar refractivity (Wildman–Crippen MR) is 166 cm³/mol. The number of amides is 1. The molecule has 11 heteroatoms. The lowest BCUT2D eigenvalue weighted by molar-refractivity contribution is -0.132. The van der Waals surface area contributed by atoms with E-state index >= 15 is 0 Å². The van der Waals surface area contributed by atoms with Crippen molar-refractivity contribution in [1.29, 1.82) is 0 Å². The molecule has 0 radical (unpaired) electrons. The zero-order chi connectivity index (χ0) is 29.6. The number of hydrogen-bond donors (Lipinski definition) is 1. The van der Waals surface area contributed by atoms with Crippen LogP contribution in [0, 0.1) is 0 Å². The van der Waals surface area contributed by atoms with Gasteiger partial charge in [0.2, 0.25) is 5.13 Å². The van der Waals surface area contributed by atoms with Crippen LogP contribution in [0.3, 0.4) is 0 Å². The number of carbonyl (C=O) groups excluding carboxylic acids is 2. The molecule has 1 N–H and O–H groups in total. The molecule has 216 valence electrons. The van der Waals surface area contributed by atoms with E-state index in [1.807, 2.05) is 38.1 Å². The Morgan fingerprint density at radius 2 is 1.76 bits per heavy atom. The largest absolute Gasteiger partial charge is 0.507 e. The van der Waals surface area contributed by atoms with Crippen LogP contribution in [0.4, 0.5) is 5.13 Å². The number of thioether (sulfide) groups is 1. The number of benzene rings is 3. The van der Waals surface area contributed by atoms with Crippen molar-refractivity contribution in [3.05, 3.63) is 100 Å². The number of ketones is 1. The van der Waals surface area contributed by atoms with E-state index in [0.717, 1.165) is 12.0 Å². The Morgan fingerprint density at radius 3 is 2.48 bits per heavy atom. The van der Waals surface area contributed by atoms with E-state index in [0.29, 0.717) is 51.0 Å². The van der Waals surface area contributed by atoms with Crippen LogP contribution in [-0.2, 0) is 15.3 Å². The van der Waals surface area contributed by atoms with Crippen molar-refractivity contribution in [2.45, 2.75) is 36.4 Å². The van der Waals surface area contributed by atoms with Gasteiger partial charge < -0.3 is 14.6 Å². The number of nitrogens with zero attached hydrogens (tertiary/aromatic N) is 3. The van der Waals surface area contributed by atoms with Crippen LogP contribution < -0.4 is 14.4 Å². The topological polar surface area (TPSA) is 102 Å². The number of Topliss-reactive ketones (excluding diaryl/α,β-unsaturated/α-hetero) is 1. The zero-order valence-electron chi connectivity index (χ0n) is 23.0. The number of hydrogen-bond acceptors (Lipinski definition) is 9. The molecule has 2 heterocycles. The lowest BCUT2D eigenvalue weighted by atomic mass is 9.95. The first kappa shape index (κ1) is 29.6. The fourth-order valence-corrected chi connectivity index (χ4v) is 6.40. The number of ether oxygens (including phenoxy) is 2. The summed E-state index contributed by atoms with van der Waals surface area (Å²) in [6.45, 7) is 4.89. The van der Waals surface area contributed by atoms with Crippen LogP contribution in [0.5, 0.6) is 11.5 Å². The van der Waals surface area contributed by atoms with Crippen molar-refractivity contribution in [3.8, 4) is 11.5 Å². The van der Waals surface area contributed by atoms with Crippen molar-refractivity contribution in [1.82, 2.24) is 10.2 Å². The van der Waals surface area contributed by atoms with Gasteiger partial charge in [-0.15, -0.1) is 10.2 Å². The first-order valence-electron chi connectivity index (χ1n) is 13.4. The third-order valence-corrected chi connectivity index (χ3v) is 8.79. The Bertz CT molecular complexity index is 1610. The van der Waals surface area contributed by atoms with Crippen molar-refractivity contribution in [2.75, 3.05) is 18.1 Å². The maximum atomic E-state index is 13.5. The Labute approximate surface area is 257 Å². The van der Waals surface area contributed by atoms with E-state index in [4.69, 9.17) is 21.1 Å². The van der Waals surface area contributed by atoms with Gasteiger partial charge in [0, 0.05) is 16.3 Å². The fourth-order valence-electron chi connectivity index (χ4n) is 4.45. The van der Waals surface area contributed by atoms with Gasteiger partial charge in [0.1, 0.15) is 17.3 Å². The van der Waals surface area contributed by atoms with Crippen molar-refractivity contribution in [3.63, 3.8) is 0 Å². The molecule has 8 nitrogen and oxygen atoms in total. The van der Waals surface area contributed by atoms with E-state index in [2.05, 4.69) is 10.2 Å². The number of carbonyl (C=O) groups is 2. The summed E-state index contributed by atoms with van der Waals surface area (Å²) in [4.78, 5) is 28.4. The van der Waals surface area contributed by atoms with Crippen LogP contribution in [0.1, 0.15) is 43.0 Å². The minimum Gasteiger partial charge on any atom is -0.507 e. The number of aromatic nitrogens is 2. The molecule has 1 aliphatic heterocycles. The Kier molecular flexibility index (Phi) is 9.46. The van der Waals surface area contributed by atoms with Crippen molar-refractivity contribution >= 4 is 57.3 Å². The van der Waals surface area contributed by atoms with Gasteiger partial charge in [0.05, 0.1) is 24.8 Å². The molecule has 0 spiro atoms. The molecule has 0 bridgehead atoms. The first-order valence-corrected chi connectivity index (χ1v) is 15.5. The zero-order valence-corrected chi connectivity index (χ0v) is 25.3. The van der Waals surface area contributed by atoms with E-state index in [9.17, 15) is 14.7 Å². The molecule has 1 amide bonds. The standard InChI is InChI=1S/C31H28ClN3O5S2/c1-3-16-40-23-14-10-20(11-15-23)27(36)25-26(21-6-5-7-24(17-21)39-4-2)35(29(38)28(25)37)30-33-34-31(42-30)41-18-19-8-12-22(32)13-9-19/h5-15,17,26,36H,3-4,16,18H2,1-2H3/b27-25+. The molecule has 1 fully saturated rings. The van der Waals surface area contributed by atoms with Gasteiger partial charge in [0.25, 0.3) is 5.78 Å². The van der Waals surface area contributed by atoms with Crippen LogP contribution >= 0.6 is 34.7 Å². The highest BCUT2D eigenvalue weighted by Gasteiger charge is 2.48. The SMILES string of the molecule is CCCOc1ccc(/C(O)=C2\C(=O)C(=O)N(c3nnc(SCc4ccc(Cl)cc4)s3)C2c2cccc(OCC)c2)cc1. The molecule has 1 aliphatic rings. The number of rotatable bonds is 11. The normalized spacial score (nSPS) is 16.2. The smallest absolute Gasteiger partial charge is 0.301 e. The molecule has 1 unspecified atom stereocenters. The summed E-state index contributed by atoms with van der Waals surface area (Å²) in [5, 5.41) is 20.9. The van der Waals surface area contributed by atoms with Crippen LogP contribution in [-0.4, -0.2) is 40.2 Å². The minimum atomic E-state index is -0.941. The summed E-state index contributed by atoms with van der Waals surface area (Å²) >= 11 is 8.66. The van der Waals surface area contributed by atoms with E-state index < -0.39 is 17.7 Å². The maximum absolute atomic E-state index is 13.5. The molecule has 0 saturated carbocycles. The second-order valence-corrected chi connectivity index (χ2v) is 11.9. The summed E-state index contributed by atoms with van der Waals surface area (Å²) in [6.07, 6.45) is 0.860. The van der Waals surface area contributed by atoms with Gasteiger partial charge in [-0.2, -0.15) is 0 Å². The third-order valence-electron chi connectivity index (χ3n) is 6.41. The maximum Gasteiger partial charge on any atom is 0.301 e. The summed E-state index contributed by atoms with van der Waals surface area (Å²) in [5.74, 6) is -0.0382. The Hall–Kier alpha value is -3.86. The van der Waals surface area contributed by atoms with Gasteiger partial charge >= 0.3 is 5.91 Å². The number of aliphatic hydroxyl groups is 1. The first-order chi connectivity index (χ1) is 20.4. The summed E-state index contributed by atoms with van der Waals surface area (Å²) < 4.78 is 12.0. The van der Waals surface area contributed by atoms with E-state index in [1.165, 1.54) is 28.0 Å². The Balaban J connectivity index is 1.52. The predicted octanol–water partition coefficient (Wildman–Crippen LogP) is 7.30. The number of aliphatic hydroxyl groups excluding tert-OH is 1. The molecular formula is C31H28ClN3O5S2. The summed E-state index contributed by atoms with van der Waals surface area (Å²) in [7, 11) is 0. The monoisotopic (exact) mass is 621 g/mol.